The van der Waals surface area contributed by atoms with Crippen LogP contribution in [0.2, 0.25) is 0 Å². The zero-order chi connectivity index (χ0) is 15.4. The largest absolute Gasteiger partial charge is 0.508 e. The summed E-state index contributed by atoms with van der Waals surface area (Å²) in [6.45, 7) is 1.64. The monoisotopic (exact) mass is 301 g/mol. The van der Waals surface area contributed by atoms with E-state index in [1.165, 1.54) is 31.4 Å². The van der Waals surface area contributed by atoms with E-state index in [9.17, 15) is 9.50 Å². The van der Waals surface area contributed by atoms with Crippen molar-refractivity contribution in [2.75, 3.05) is 6.54 Å². The minimum absolute atomic E-state index is 0.0920. The van der Waals surface area contributed by atoms with Crippen LogP contribution in [0.4, 0.5) is 4.39 Å². The number of rotatable bonds is 7. The molecule has 2 aromatic carbocycles. The molecule has 0 amide bonds. The molecular weight excluding hydrogens is 281 g/mol. The molecule has 1 saturated carbocycles. The second-order valence-electron chi connectivity index (χ2n) is 5.77. The molecule has 1 aliphatic carbocycles. The number of phenols is 1. The van der Waals surface area contributed by atoms with Crippen LogP contribution in [0.1, 0.15) is 24.8 Å². The maximum absolute atomic E-state index is 14.1. The van der Waals surface area contributed by atoms with E-state index in [1.54, 1.807) is 24.3 Å². The standard InChI is InChI=1S/C18H20FNO2/c19-17-10-14(12-20-9-8-13-4-5-13)6-7-18(17)22-16-3-1-2-15(21)11-16/h1-3,6-7,10-11,13,20-21H,4-5,8-9,12H2. The summed E-state index contributed by atoms with van der Waals surface area (Å²) in [5.74, 6) is 1.17. The normalized spacial score (nSPS) is 14.0. The highest BCUT2D eigenvalue weighted by Gasteiger charge is 2.19. The fourth-order valence-electron chi connectivity index (χ4n) is 2.36. The van der Waals surface area contributed by atoms with Crippen molar-refractivity contribution < 1.29 is 14.2 Å². The number of aromatic hydroxyl groups is 1. The fraction of sp³-hybridized carbons (Fsp3) is 0.333. The lowest BCUT2D eigenvalue weighted by Crippen LogP contribution is -2.15. The van der Waals surface area contributed by atoms with Gasteiger partial charge in [0.25, 0.3) is 0 Å². The molecule has 0 atom stereocenters. The maximum atomic E-state index is 14.1. The van der Waals surface area contributed by atoms with E-state index >= 15 is 0 Å². The van der Waals surface area contributed by atoms with Crippen LogP contribution in [-0.2, 0) is 6.54 Å². The van der Waals surface area contributed by atoms with Gasteiger partial charge in [-0.2, -0.15) is 0 Å². The van der Waals surface area contributed by atoms with Crippen LogP contribution in [0.25, 0.3) is 0 Å². The van der Waals surface area contributed by atoms with Crippen molar-refractivity contribution in [2.24, 2.45) is 5.92 Å². The predicted octanol–water partition coefficient (Wildman–Crippen LogP) is 4.21. The van der Waals surface area contributed by atoms with Gasteiger partial charge in [0.15, 0.2) is 11.6 Å². The smallest absolute Gasteiger partial charge is 0.166 e. The number of hydrogen-bond acceptors (Lipinski definition) is 3. The highest BCUT2D eigenvalue weighted by Crippen LogP contribution is 2.31. The molecule has 22 heavy (non-hydrogen) atoms. The van der Waals surface area contributed by atoms with E-state index in [0.717, 1.165) is 18.0 Å². The molecule has 0 radical (unpaired) electrons. The van der Waals surface area contributed by atoms with Crippen LogP contribution >= 0.6 is 0 Å². The minimum atomic E-state index is -0.398. The summed E-state index contributed by atoms with van der Waals surface area (Å²) in [6.07, 6.45) is 3.93. The Morgan fingerprint density at radius 2 is 2.05 bits per heavy atom. The minimum Gasteiger partial charge on any atom is -0.508 e. The van der Waals surface area contributed by atoms with E-state index in [-0.39, 0.29) is 11.5 Å². The molecule has 0 spiro atoms. The SMILES string of the molecule is Oc1cccc(Oc2ccc(CNCCC3CC3)cc2F)c1. The molecule has 3 rings (SSSR count). The van der Waals surface area contributed by atoms with Gasteiger partial charge in [0.05, 0.1) is 0 Å². The third-order valence-corrected chi connectivity index (χ3v) is 3.80. The van der Waals surface area contributed by atoms with Crippen molar-refractivity contribution >= 4 is 0 Å². The van der Waals surface area contributed by atoms with Crippen molar-refractivity contribution in [1.82, 2.24) is 5.32 Å². The first kappa shape index (κ1) is 14.9. The lowest BCUT2D eigenvalue weighted by Gasteiger charge is -2.09. The summed E-state index contributed by atoms with van der Waals surface area (Å²) in [4.78, 5) is 0. The van der Waals surface area contributed by atoms with Crippen molar-refractivity contribution in [3.8, 4) is 17.2 Å². The Morgan fingerprint density at radius 1 is 1.18 bits per heavy atom. The van der Waals surface area contributed by atoms with Crippen LogP contribution in [-0.4, -0.2) is 11.7 Å². The summed E-state index contributed by atoms with van der Waals surface area (Å²) in [7, 11) is 0. The molecule has 0 bridgehead atoms. The van der Waals surface area contributed by atoms with Gasteiger partial charge in [-0.15, -0.1) is 0 Å². The number of nitrogens with one attached hydrogen (secondary N) is 1. The molecular formula is C18H20FNO2. The van der Waals surface area contributed by atoms with Gasteiger partial charge in [-0.05, 0) is 48.7 Å². The first-order valence-electron chi connectivity index (χ1n) is 7.67. The van der Waals surface area contributed by atoms with Gasteiger partial charge in [0.1, 0.15) is 11.5 Å². The lowest BCUT2D eigenvalue weighted by molar-refractivity contribution is 0.431. The molecule has 0 aromatic heterocycles. The molecule has 0 unspecified atom stereocenters. The van der Waals surface area contributed by atoms with E-state index < -0.39 is 5.82 Å². The van der Waals surface area contributed by atoms with E-state index in [4.69, 9.17) is 4.74 Å². The number of hydrogen-bond donors (Lipinski definition) is 2. The zero-order valence-corrected chi connectivity index (χ0v) is 12.4. The summed E-state index contributed by atoms with van der Waals surface area (Å²) in [5.41, 5.74) is 0.900. The molecule has 4 heteroatoms. The van der Waals surface area contributed by atoms with Gasteiger partial charge in [-0.25, -0.2) is 4.39 Å². The van der Waals surface area contributed by atoms with Gasteiger partial charge in [0, 0.05) is 12.6 Å². The molecule has 2 N–H and O–H groups in total. The van der Waals surface area contributed by atoms with Crippen LogP contribution in [0.15, 0.2) is 42.5 Å². The van der Waals surface area contributed by atoms with Crippen molar-refractivity contribution in [2.45, 2.75) is 25.8 Å². The second-order valence-corrected chi connectivity index (χ2v) is 5.77. The molecule has 3 nitrogen and oxygen atoms in total. The Bertz CT molecular complexity index is 641. The Morgan fingerprint density at radius 3 is 2.77 bits per heavy atom. The second kappa shape index (κ2) is 6.79. The summed E-state index contributed by atoms with van der Waals surface area (Å²) >= 11 is 0. The highest BCUT2D eigenvalue weighted by molar-refractivity contribution is 5.37. The van der Waals surface area contributed by atoms with Crippen LogP contribution < -0.4 is 10.1 Å². The van der Waals surface area contributed by atoms with Crippen molar-refractivity contribution in [3.63, 3.8) is 0 Å². The maximum Gasteiger partial charge on any atom is 0.166 e. The molecule has 0 heterocycles. The Kier molecular flexibility index (Phi) is 4.59. The van der Waals surface area contributed by atoms with Crippen LogP contribution in [0.5, 0.6) is 17.2 Å². The molecule has 0 aliphatic heterocycles. The number of phenolic OH excluding ortho intramolecular Hbond substituents is 1. The van der Waals surface area contributed by atoms with Gasteiger partial charge < -0.3 is 15.2 Å². The van der Waals surface area contributed by atoms with Gasteiger partial charge in [-0.1, -0.05) is 25.0 Å². The first-order valence-corrected chi connectivity index (χ1v) is 7.67. The Balaban J connectivity index is 1.56. The van der Waals surface area contributed by atoms with Crippen LogP contribution in [0, 0.1) is 11.7 Å². The zero-order valence-electron chi connectivity index (χ0n) is 12.4. The quantitative estimate of drug-likeness (QED) is 0.753. The van der Waals surface area contributed by atoms with E-state index in [1.807, 2.05) is 6.07 Å². The molecule has 1 aliphatic rings. The number of halogens is 1. The van der Waals surface area contributed by atoms with Crippen molar-refractivity contribution in [1.29, 1.82) is 0 Å². The summed E-state index contributed by atoms with van der Waals surface area (Å²) in [5, 5.41) is 12.7. The molecule has 0 saturated heterocycles. The first-order chi connectivity index (χ1) is 10.7. The van der Waals surface area contributed by atoms with Crippen LogP contribution in [0.3, 0.4) is 0 Å². The average molecular weight is 301 g/mol. The molecule has 116 valence electrons. The van der Waals surface area contributed by atoms with Gasteiger partial charge in [0.2, 0.25) is 0 Å². The van der Waals surface area contributed by atoms with Gasteiger partial charge in [-0.3, -0.25) is 0 Å². The predicted molar refractivity (Wildman–Crippen MR) is 83.6 cm³/mol. The summed E-state index contributed by atoms with van der Waals surface area (Å²) in [6, 6.07) is 11.3. The van der Waals surface area contributed by atoms with E-state index in [0.29, 0.717) is 12.3 Å². The highest BCUT2D eigenvalue weighted by atomic mass is 19.1. The lowest BCUT2D eigenvalue weighted by atomic mass is 10.2. The number of ether oxygens (including phenoxy) is 1. The Labute approximate surface area is 129 Å². The third-order valence-electron chi connectivity index (χ3n) is 3.80. The topological polar surface area (TPSA) is 41.5 Å². The molecule has 2 aromatic rings. The van der Waals surface area contributed by atoms with E-state index in [2.05, 4.69) is 5.32 Å². The Hall–Kier alpha value is -2.07. The molecule has 1 fully saturated rings. The van der Waals surface area contributed by atoms with Crippen molar-refractivity contribution in [3.05, 3.63) is 53.8 Å². The fourth-order valence-corrected chi connectivity index (χ4v) is 2.36. The van der Waals surface area contributed by atoms with Gasteiger partial charge >= 0.3 is 0 Å². The average Bonchev–Trinajstić information content (AvgIpc) is 3.31. The third kappa shape index (κ3) is 4.21. The number of benzene rings is 2. The summed E-state index contributed by atoms with van der Waals surface area (Å²) < 4.78 is 19.5.